The van der Waals surface area contributed by atoms with Crippen LogP contribution in [0.2, 0.25) is 5.02 Å². The Hall–Kier alpha value is -2.25. The summed E-state index contributed by atoms with van der Waals surface area (Å²) in [5.74, 6) is -0.0282. The molecule has 1 heterocycles. The Balaban J connectivity index is 2.16. The summed E-state index contributed by atoms with van der Waals surface area (Å²) in [4.78, 5) is 12.0. The summed E-state index contributed by atoms with van der Waals surface area (Å²) in [6, 6.07) is 9.36. The second-order valence-electron chi connectivity index (χ2n) is 5.11. The van der Waals surface area contributed by atoms with Crippen LogP contribution in [-0.4, -0.2) is 5.78 Å². The molecule has 0 bridgehead atoms. The molecule has 1 aromatic carbocycles. The number of nitrogens with zero attached hydrogens (tertiary/aromatic N) is 1. The highest BCUT2D eigenvalue weighted by Gasteiger charge is 2.36. The van der Waals surface area contributed by atoms with Gasteiger partial charge in [0.25, 0.3) is 0 Å². The van der Waals surface area contributed by atoms with Crippen molar-refractivity contribution in [1.82, 2.24) is 0 Å². The van der Waals surface area contributed by atoms with Gasteiger partial charge in [-0.25, -0.2) is 0 Å². The largest absolute Gasteiger partial charge is 0.437 e. The smallest absolute Gasteiger partial charge is 0.205 e. The molecular weight excluding hydrogens is 288 g/mol. The fraction of sp³-hybridized carbons (Fsp3) is 0.250. The lowest BCUT2D eigenvalue weighted by Gasteiger charge is -2.31. The van der Waals surface area contributed by atoms with Gasteiger partial charge >= 0.3 is 0 Å². The van der Waals surface area contributed by atoms with Gasteiger partial charge in [0.05, 0.1) is 0 Å². The SMILES string of the molecule is N#CC1=C(N)OC2=C(CCCC2=O)[C@@H]1c1ccc(Cl)cc1. The van der Waals surface area contributed by atoms with E-state index in [2.05, 4.69) is 6.07 Å². The van der Waals surface area contributed by atoms with Crippen molar-refractivity contribution in [1.29, 1.82) is 5.26 Å². The van der Waals surface area contributed by atoms with Gasteiger partial charge < -0.3 is 10.5 Å². The Bertz CT molecular complexity index is 711. The highest BCUT2D eigenvalue weighted by atomic mass is 35.5. The van der Waals surface area contributed by atoms with Gasteiger partial charge in [0.1, 0.15) is 11.6 Å². The fourth-order valence-electron chi connectivity index (χ4n) is 2.87. The second-order valence-corrected chi connectivity index (χ2v) is 5.54. The maximum absolute atomic E-state index is 12.0. The van der Waals surface area contributed by atoms with Crippen LogP contribution in [0.4, 0.5) is 0 Å². The molecule has 0 saturated carbocycles. The Kier molecular flexibility index (Phi) is 3.44. The molecule has 0 amide bonds. The van der Waals surface area contributed by atoms with Crippen LogP contribution in [0.25, 0.3) is 0 Å². The van der Waals surface area contributed by atoms with Crippen molar-refractivity contribution in [3.63, 3.8) is 0 Å². The van der Waals surface area contributed by atoms with Gasteiger partial charge in [-0.1, -0.05) is 23.7 Å². The number of benzene rings is 1. The van der Waals surface area contributed by atoms with Crippen LogP contribution < -0.4 is 5.73 Å². The van der Waals surface area contributed by atoms with Crippen LogP contribution in [-0.2, 0) is 9.53 Å². The molecule has 0 fully saturated rings. The zero-order valence-electron chi connectivity index (χ0n) is 11.2. The van der Waals surface area contributed by atoms with Crippen molar-refractivity contribution in [3.05, 3.63) is 57.6 Å². The molecule has 4 nitrogen and oxygen atoms in total. The predicted octanol–water partition coefficient (Wildman–Crippen LogP) is 3.15. The van der Waals surface area contributed by atoms with E-state index >= 15 is 0 Å². The van der Waals surface area contributed by atoms with Gasteiger partial charge in [0, 0.05) is 17.4 Å². The highest BCUT2D eigenvalue weighted by Crippen LogP contribution is 2.43. The molecule has 5 heteroatoms. The van der Waals surface area contributed by atoms with Gasteiger partial charge in [-0.2, -0.15) is 5.26 Å². The minimum absolute atomic E-state index is 0.0199. The molecule has 21 heavy (non-hydrogen) atoms. The Labute approximate surface area is 127 Å². The van der Waals surface area contributed by atoms with Crippen LogP contribution in [0.3, 0.4) is 0 Å². The standard InChI is InChI=1S/C16H13ClN2O2/c17-10-6-4-9(5-7-10)14-11-2-1-3-13(20)15(11)21-16(19)12(14)8-18/h4-7,14H,1-3,19H2/t14-/m0/s1. The zero-order valence-corrected chi connectivity index (χ0v) is 12.0. The van der Waals surface area contributed by atoms with Gasteiger partial charge in [-0.15, -0.1) is 0 Å². The maximum Gasteiger partial charge on any atom is 0.205 e. The van der Waals surface area contributed by atoms with E-state index < -0.39 is 0 Å². The number of ether oxygens (including phenoxy) is 1. The van der Waals surface area contributed by atoms with Crippen LogP contribution in [0.15, 0.2) is 47.1 Å². The maximum atomic E-state index is 12.0. The number of ketones is 1. The predicted molar refractivity (Wildman–Crippen MR) is 78.0 cm³/mol. The lowest BCUT2D eigenvalue weighted by molar-refractivity contribution is -0.119. The summed E-state index contributed by atoms with van der Waals surface area (Å²) < 4.78 is 5.42. The normalized spacial score (nSPS) is 21.7. The van der Waals surface area contributed by atoms with Crippen molar-refractivity contribution in [2.45, 2.75) is 25.2 Å². The number of halogens is 1. The fourth-order valence-corrected chi connectivity index (χ4v) is 2.99. The van der Waals surface area contributed by atoms with Crippen LogP contribution in [0, 0.1) is 11.3 Å². The summed E-state index contributed by atoms with van der Waals surface area (Å²) in [7, 11) is 0. The first kappa shape index (κ1) is 13.7. The molecule has 2 N–H and O–H groups in total. The van der Waals surface area contributed by atoms with E-state index in [9.17, 15) is 10.1 Å². The monoisotopic (exact) mass is 300 g/mol. The number of hydrogen-bond donors (Lipinski definition) is 1. The van der Waals surface area contributed by atoms with E-state index in [4.69, 9.17) is 22.1 Å². The Morgan fingerprint density at radius 3 is 2.67 bits per heavy atom. The number of carbonyl (C=O) groups excluding carboxylic acids is 1. The minimum atomic E-state index is -0.319. The first-order chi connectivity index (χ1) is 10.1. The molecule has 1 atom stereocenters. The van der Waals surface area contributed by atoms with Crippen LogP contribution >= 0.6 is 11.6 Å². The second kappa shape index (κ2) is 5.27. The van der Waals surface area contributed by atoms with Crippen molar-refractivity contribution in [2.24, 2.45) is 5.73 Å². The molecule has 0 unspecified atom stereocenters. The summed E-state index contributed by atoms with van der Waals surface area (Å²) in [6.45, 7) is 0. The third kappa shape index (κ3) is 2.30. The van der Waals surface area contributed by atoms with E-state index in [1.54, 1.807) is 12.1 Å². The molecule has 1 aliphatic carbocycles. The molecule has 3 rings (SSSR count). The summed E-state index contributed by atoms with van der Waals surface area (Å²) in [6.07, 6.45) is 1.96. The third-order valence-corrected chi connectivity index (χ3v) is 4.09. The van der Waals surface area contributed by atoms with Gasteiger partial charge in [-0.3, -0.25) is 4.79 Å². The first-order valence-corrected chi connectivity index (χ1v) is 7.09. The quantitative estimate of drug-likeness (QED) is 0.864. The lowest BCUT2D eigenvalue weighted by atomic mass is 9.78. The minimum Gasteiger partial charge on any atom is -0.437 e. The number of allylic oxidation sites excluding steroid dienone is 3. The zero-order chi connectivity index (χ0) is 15.0. The average molecular weight is 301 g/mol. The number of carbonyl (C=O) groups is 1. The number of nitriles is 1. The highest BCUT2D eigenvalue weighted by molar-refractivity contribution is 6.30. The Morgan fingerprint density at radius 1 is 1.29 bits per heavy atom. The molecule has 1 aliphatic heterocycles. The molecule has 0 spiro atoms. The molecular formula is C16H13ClN2O2. The van der Waals surface area contributed by atoms with E-state index in [-0.39, 0.29) is 17.6 Å². The van der Waals surface area contributed by atoms with Crippen molar-refractivity contribution in [2.75, 3.05) is 0 Å². The summed E-state index contributed by atoms with van der Waals surface area (Å²) in [5, 5.41) is 10.0. The molecule has 106 valence electrons. The van der Waals surface area contributed by atoms with Gasteiger partial charge in [0.2, 0.25) is 5.88 Å². The number of nitrogens with two attached hydrogens (primary N) is 1. The van der Waals surface area contributed by atoms with E-state index in [0.29, 0.717) is 22.8 Å². The van der Waals surface area contributed by atoms with Gasteiger partial charge in [-0.05, 0) is 36.1 Å². The van der Waals surface area contributed by atoms with Crippen molar-refractivity contribution < 1.29 is 9.53 Å². The lowest BCUT2D eigenvalue weighted by Crippen LogP contribution is -2.26. The van der Waals surface area contributed by atoms with E-state index in [1.165, 1.54) is 0 Å². The van der Waals surface area contributed by atoms with E-state index in [1.807, 2.05) is 12.1 Å². The first-order valence-electron chi connectivity index (χ1n) is 6.71. The van der Waals surface area contributed by atoms with Crippen molar-refractivity contribution in [3.8, 4) is 6.07 Å². The average Bonchev–Trinajstić information content (AvgIpc) is 2.48. The number of hydrogen-bond acceptors (Lipinski definition) is 4. The molecule has 0 saturated heterocycles. The summed E-state index contributed by atoms with van der Waals surface area (Å²) >= 11 is 5.92. The number of Topliss-reactive ketones (excluding diaryl/α,β-unsaturated/α-hetero) is 1. The Morgan fingerprint density at radius 2 is 2.00 bits per heavy atom. The van der Waals surface area contributed by atoms with Crippen LogP contribution in [0.5, 0.6) is 0 Å². The van der Waals surface area contributed by atoms with Crippen LogP contribution in [0.1, 0.15) is 30.7 Å². The van der Waals surface area contributed by atoms with Crippen molar-refractivity contribution >= 4 is 17.4 Å². The summed E-state index contributed by atoms with van der Waals surface area (Å²) in [5.41, 5.74) is 7.93. The van der Waals surface area contributed by atoms with E-state index in [0.717, 1.165) is 24.0 Å². The molecule has 2 aliphatic rings. The molecule has 0 radical (unpaired) electrons. The molecule has 0 aromatic heterocycles. The molecule has 1 aromatic rings. The third-order valence-electron chi connectivity index (χ3n) is 3.83. The topological polar surface area (TPSA) is 76.1 Å². The number of rotatable bonds is 1. The van der Waals surface area contributed by atoms with Gasteiger partial charge in [0.15, 0.2) is 11.5 Å².